The second kappa shape index (κ2) is 8.62. The van der Waals surface area contributed by atoms with Crippen LogP contribution < -0.4 is 10.2 Å². The maximum atomic E-state index is 11.3. The number of rotatable bonds is 7. The molecule has 1 fully saturated rings. The molecule has 2 aromatic heterocycles. The highest BCUT2D eigenvalue weighted by molar-refractivity contribution is 5.89. The Balaban J connectivity index is 2.05. The molecule has 1 atom stereocenters. The number of aliphatic hydroxyl groups is 1. The number of hydrogen-bond donors (Lipinski definition) is 3. The minimum absolute atomic E-state index is 0.0950. The Morgan fingerprint density at radius 3 is 2.93 bits per heavy atom. The van der Waals surface area contributed by atoms with Crippen LogP contribution in [0.4, 0.5) is 11.8 Å². The normalized spacial score (nSPS) is 16.5. The number of hydrogen-bond acceptors (Lipinski definition) is 7. The summed E-state index contributed by atoms with van der Waals surface area (Å²) in [4.78, 5) is 26.4. The lowest BCUT2D eigenvalue weighted by Gasteiger charge is -2.34. The summed E-state index contributed by atoms with van der Waals surface area (Å²) in [6.07, 6.45) is 8.01. The van der Waals surface area contributed by atoms with E-state index in [0.717, 1.165) is 19.4 Å². The second-order valence-corrected chi connectivity index (χ2v) is 6.69. The predicted molar refractivity (Wildman–Crippen MR) is 107 cm³/mol. The number of nitrogens with zero attached hydrogens (tertiary/aromatic N) is 4. The van der Waals surface area contributed by atoms with Gasteiger partial charge in [-0.1, -0.05) is 13.2 Å². The topological polar surface area (TPSA) is 111 Å². The molecule has 3 N–H and O–H groups in total. The van der Waals surface area contributed by atoms with Crippen molar-refractivity contribution in [3.05, 3.63) is 55.2 Å². The van der Waals surface area contributed by atoms with Crippen LogP contribution in [0, 0.1) is 5.92 Å². The standard InChI is InChI=1S/C20H23N5O3/c1-3-13(2)23-20-22-10-17(15-7-16(19(27)28)9-21-8-15)18(24-20)25-6-4-5-14(11-25)12-26/h3,7-10,14,26H,1-2,4-6,11-12H2,(H,27,28)(H,22,23,24). The lowest BCUT2D eigenvalue weighted by atomic mass is 9.98. The second-order valence-electron chi connectivity index (χ2n) is 6.69. The highest BCUT2D eigenvalue weighted by atomic mass is 16.4. The van der Waals surface area contributed by atoms with Crippen LogP contribution in [0.15, 0.2) is 49.6 Å². The Hall–Kier alpha value is -3.26. The van der Waals surface area contributed by atoms with Crippen molar-refractivity contribution in [3.63, 3.8) is 0 Å². The number of aromatic nitrogens is 3. The Morgan fingerprint density at radius 1 is 1.39 bits per heavy atom. The molecule has 0 spiro atoms. The molecule has 0 bridgehead atoms. The van der Waals surface area contributed by atoms with Crippen LogP contribution >= 0.6 is 0 Å². The molecule has 0 aromatic carbocycles. The van der Waals surface area contributed by atoms with Gasteiger partial charge in [0.2, 0.25) is 5.95 Å². The minimum atomic E-state index is -1.05. The average Bonchev–Trinajstić information content (AvgIpc) is 2.73. The maximum absolute atomic E-state index is 11.3. The summed E-state index contributed by atoms with van der Waals surface area (Å²) in [5.41, 5.74) is 1.97. The molecule has 1 unspecified atom stereocenters. The zero-order chi connectivity index (χ0) is 20.1. The number of aliphatic hydroxyl groups excluding tert-OH is 1. The van der Waals surface area contributed by atoms with E-state index in [2.05, 4.69) is 38.3 Å². The molecular formula is C20H23N5O3. The van der Waals surface area contributed by atoms with Gasteiger partial charge in [0.05, 0.1) is 5.56 Å². The van der Waals surface area contributed by atoms with Crippen molar-refractivity contribution in [1.29, 1.82) is 0 Å². The van der Waals surface area contributed by atoms with Crippen molar-refractivity contribution < 1.29 is 15.0 Å². The van der Waals surface area contributed by atoms with E-state index in [9.17, 15) is 15.0 Å². The molecule has 1 aliphatic heterocycles. The molecule has 0 radical (unpaired) electrons. The largest absolute Gasteiger partial charge is 0.478 e. The summed E-state index contributed by atoms with van der Waals surface area (Å²) in [6, 6.07) is 1.56. The number of allylic oxidation sites excluding steroid dienone is 1. The molecule has 0 aliphatic carbocycles. The van der Waals surface area contributed by atoms with Crippen molar-refractivity contribution in [2.45, 2.75) is 12.8 Å². The SMILES string of the molecule is C=CC(=C)Nc1ncc(-c2cncc(C(=O)O)c2)c(N2CCCC(CO)C2)n1. The molecule has 3 rings (SSSR count). The van der Waals surface area contributed by atoms with Gasteiger partial charge in [0.15, 0.2) is 0 Å². The fourth-order valence-corrected chi connectivity index (χ4v) is 3.18. The van der Waals surface area contributed by atoms with E-state index in [1.807, 2.05) is 0 Å². The smallest absolute Gasteiger partial charge is 0.337 e. The van der Waals surface area contributed by atoms with Crippen molar-refractivity contribution >= 4 is 17.7 Å². The van der Waals surface area contributed by atoms with E-state index in [-0.39, 0.29) is 18.1 Å². The summed E-state index contributed by atoms with van der Waals surface area (Å²) in [5.74, 6) is 0.157. The first-order valence-corrected chi connectivity index (χ1v) is 9.01. The van der Waals surface area contributed by atoms with E-state index in [1.54, 1.807) is 24.5 Å². The van der Waals surface area contributed by atoms with Crippen LogP contribution in [0.25, 0.3) is 11.1 Å². The monoisotopic (exact) mass is 381 g/mol. The summed E-state index contributed by atoms with van der Waals surface area (Å²) in [6.45, 7) is 9.04. The van der Waals surface area contributed by atoms with Crippen LogP contribution in [0.2, 0.25) is 0 Å². The highest BCUT2D eigenvalue weighted by Gasteiger charge is 2.24. The van der Waals surface area contributed by atoms with Gasteiger partial charge in [0.1, 0.15) is 5.82 Å². The molecule has 8 nitrogen and oxygen atoms in total. The first-order chi connectivity index (χ1) is 13.5. The van der Waals surface area contributed by atoms with Gasteiger partial charge in [-0.2, -0.15) is 4.98 Å². The van der Waals surface area contributed by atoms with E-state index < -0.39 is 5.97 Å². The predicted octanol–water partition coefficient (Wildman–Crippen LogP) is 2.56. The van der Waals surface area contributed by atoms with Crippen LogP contribution in [0.3, 0.4) is 0 Å². The molecule has 1 aliphatic rings. The van der Waals surface area contributed by atoms with Crippen LogP contribution in [0.1, 0.15) is 23.2 Å². The summed E-state index contributed by atoms with van der Waals surface area (Å²) < 4.78 is 0. The van der Waals surface area contributed by atoms with Crippen LogP contribution in [0.5, 0.6) is 0 Å². The fourth-order valence-electron chi connectivity index (χ4n) is 3.18. The number of aromatic carboxylic acids is 1. The molecule has 28 heavy (non-hydrogen) atoms. The van der Waals surface area contributed by atoms with Gasteiger partial charge in [-0.15, -0.1) is 0 Å². The van der Waals surface area contributed by atoms with Gasteiger partial charge in [-0.25, -0.2) is 9.78 Å². The lowest BCUT2D eigenvalue weighted by molar-refractivity contribution is 0.0696. The van der Waals surface area contributed by atoms with Gasteiger partial charge in [0.25, 0.3) is 0 Å². The van der Waals surface area contributed by atoms with E-state index >= 15 is 0 Å². The third-order valence-corrected chi connectivity index (χ3v) is 4.66. The van der Waals surface area contributed by atoms with Crippen molar-refractivity contribution in [1.82, 2.24) is 15.0 Å². The summed E-state index contributed by atoms with van der Waals surface area (Å²) in [7, 11) is 0. The van der Waals surface area contributed by atoms with Crippen molar-refractivity contribution in [2.75, 3.05) is 29.9 Å². The van der Waals surface area contributed by atoms with Gasteiger partial charge in [-0.05, 0) is 30.9 Å². The van der Waals surface area contributed by atoms with Gasteiger partial charge in [-0.3, -0.25) is 4.98 Å². The number of anilines is 2. The summed E-state index contributed by atoms with van der Waals surface area (Å²) in [5, 5.41) is 21.8. The maximum Gasteiger partial charge on any atom is 0.337 e. The molecule has 0 saturated carbocycles. The number of carboxylic acid groups (broad SMARTS) is 1. The molecule has 8 heteroatoms. The molecule has 2 aromatic rings. The van der Waals surface area contributed by atoms with Gasteiger partial charge >= 0.3 is 5.97 Å². The van der Waals surface area contributed by atoms with E-state index in [1.165, 1.54) is 6.20 Å². The third kappa shape index (κ3) is 4.34. The molecular weight excluding hydrogens is 358 g/mol. The zero-order valence-electron chi connectivity index (χ0n) is 15.5. The fraction of sp³-hybridized carbons (Fsp3) is 0.300. The summed E-state index contributed by atoms with van der Waals surface area (Å²) >= 11 is 0. The number of pyridine rings is 1. The van der Waals surface area contributed by atoms with Crippen molar-refractivity contribution in [2.24, 2.45) is 5.92 Å². The van der Waals surface area contributed by atoms with E-state index in [0.29, 0.717) is 35.1 Å². The Bertz CT molecular complexity index is 899. The molecule has 1 saturated heterocycles. The Labute approximate surface area is 163 Å². The number of nitrogens with one attached hydrogen (secondary N) is 1. The van der Waals surface area contributed by atoms with E-state index in [4.69, 9.17) is 0 Å². The Kier molecular flexibility index (Phi) is 6.00. The molecule has 146 valence electrons. The van der Waals surface area contributed by atoms with Crippen molar-refractivity contribution in [3.8, 4) is 11.1 Å². The van der Waals surface area contributed by atoms with Gasteiger partial charge < -0.3 is 20.4 Å². The molecule has 0 amide bonds. The minimum Gasteiger partial charge on any atom is -0.478 e. The van der Waals surface area contributed by atoms with Gasteiger partial charge in [0, 0.05) is 55.1 Å². The molecule has 3 heterocycles. The Morgan fingerprint density at radius 2 is 2.21 bits per heavy atom. The quantitative estimate of drug-likeness (QED) is 0.628. The third-order valence-electron chi connectivity index (χ3n) is 4.66. The zero-order valence-corrected chi connectivity index (χ0v) is 15.5. The average molecular weight is 381 g/mol. The first kappa shape index (κ1) is 19.5. The number of carboxylic acids is 1. The number of piperidine rings is 1. The van der Waals surface area contributed by atoms with Crippen LogP contribution in [-0.4, -0.2) is 50.8 Å². The highest BCUT2D eigenvalue weighted by Crippen LogP contribution is 2.32. The van der Waals surface area contributed by atoms with Crippen LogP contribution in [-0.2, 0) is 0 Å². The number of carbonyl (C=O) groups is 1. The lowest BCUT2D eigenvalue weighted by Crippen LogP contribution is -2.37. The first-order valence-electron chi connectivity index (χ1n) is 9.01.